The van der Waals surface area contributed by atoms with Crippen LogP contribution >= 0.6 is 0 Å². The number of piperidine rings is 1. The Labute approximate surface area is 161 Å². The summed E-state index contributed by atoms with van der Waals surface area (Å²) in [6, 6.07) is 9.64. The molecule has 0 saturated carbocycles. The number of carbonyl (C=O) groups is 1. The fourth-order valence-electron chi connectivity index (χ4n) is 3.62. The molecule has 3 rings (SSSR count). The second-order valence-electron chi connectivity index (χ2n) is 7.48. The predicted octanol–water partition coefficient (Wildman–Crippen LogP) is 2.08. The molecule has 2 fully saturated rings. The monoisotopic (exact) mass is 371 g/mol. The SMILES string of the molecule is N#Cc1ccc(COCC2CCN(CC(=O)NC[C@@H]3CCCO3)CC2)cc1. The molecule has 2 aliphatic heterocycles. The predicted molar refractivity (Wildman–Crippen MR) is 102 cm³/mol. The van der Waals surface area contributed by atoms with Crippen molar-refractivity contribution in [2.24, 2.45) is 5.92 Å². The minimum atomic E-state index is 0.0982. The van der Waals surface area contributed by atoms with Gasteiger partial charge >= 0.3 is 0 Å². The molecule has 0 aliphatic carbocycles. The zero-order valence-corrected chi connectivity index (χ0v) is 15.9. The van der Waals surface area contributed by atoms with Crippen LogP contribution in [0.2, 0.25) is 0 Å². The highest BCUT2D eigenvalue weighted by Crippen LogP contribution is 2.18. The van der Waals surface area contributed by atoms with Gasteiger partial charge in [0.2, 0.25) is 5.91 Å². The first kappa shape index (κ1) is 19.8. The molecule has 2 heterocycles. The number of amides is 1. The summed E-state index contributed by atoms with van der Waals surface area (Å²) in [6.45, 7) is 5.15. The Morgan fingerprint density at radius 2 is 2.04 bits per heavy atom. The maximum absolute atomic E-state index is 12.1. The number of rotatable bonds is 8. The van der Waals surface area contributed by atoms with Gasteiger partial charge in [-0.15, -0.1) is 0 Å². The van der Waals surface area contributed by atoms with Gasteiger partial charge in [0.15, 0.2) is 0 Å². The van der Waals surface area contributed by atoms with Gasteiger partial charge in [0.1, 0.15) is 0 Å². The number of hydrogen-bond donors (Lipinski definition) is 1. The maximum Gasteiger partial charge on any atom is 0.234 e. The molecular formula is C21H29N3O3. The van der Waals surface area contributed by atoms with Gasteiger partial charge in [-0.25, -0.2) is 0 Å². The Kier molecular flexibility index (Phi) is 7.64. The molecule has 1 N–H and O–H groups in total. The third-order valence-corrected chi connectivity index (χ3v) is 5.33. The van der Waals surface area contributed by atoms with Crippen molar-refractivity contribution in [1.29, 1.82) is 5.26 Å². The van der Waals surface area contributed by atoms with E-state index in [1.54, 1.807) is 0 Å². The Balaban J connectivity index is 1.27. The van der Waals surface area contributed by atoms with Gasteiger partial charge in [0.25, 0.3) is 0 Å². The molecule has 0 radical (unpaired) electrons. The van der Waals surface area contributed by atoms with Crippen LogP contribution in [0.4, 0.5) is 0 Å². The number of carbonyl (C=O) groups excluding carboxylic acids is 1. The second kappa shape index (κ2) is 10.4. The summed E-state index contributed by atoms with van der Waals surface area (Å²) in [5.41, 5.74) is 1.76. The van der Waals surface area contributed by atoms with E-state index in [1.807, 2.05) is 24.3 Å². The Morgan fingerprint density at radius 1 is 1.26 bits per heavy atom. The molecule has 146 valence electrons. The van der Waals surface area contributed by atoms with E-state index in [0.717, 1.165) is 57.6 Å². The summed E-state index contributed by atoms with van der Waals surface area (Å²) >= 11 is 0. The van der Waals surface area contributed by atoms with Gasteiger partial charge in [-0.1, -0.05) is 12.1 Å². The van der Waals surface area contributed by atoms with Gasteiger partial charge in [-0.3, -0.25) is 9.69 Å². The van der Waals surface area contributed by atoms with Gasteiger partial charge < -0.3 is 14.8 Å². The average Bonchev–Trinajstić information content (AvgIpc) is 3.22. The third kappa shape index (κ3) is 6.62. The molecule has 1 aromatic rings. The highest BCUT2D eigenvalue weighted by atomic mass is 16.5. The first-order valence-electron chi connectivity index (χ1n) is 9.90. The first-order chi connectivity index (χ1) is 13.2. The standard InChI is InChI=1S/C21H29N3O3/c22-12-17-3-5-18(6-4-17)15-26-16-19-7-9-24(10-8-19)14-21(25)23-13-20-2-1-11-27-20/h3-6,19-20H,1-2,7-11,13-16H2,(H,23,25)/t20-/m0/s1. The fraction of sp³-hybridized carbons (Fsp3) is 0.619. The molecule has 1 amide bonds. The van der Waals surface area contributed by atoms with E-state index >= 15 is 0 Å². The van der Waals surface area contributed by atoms with E-state index in [9.17, 15) is 4.79 Å². The molecule has 0 unspecified atom stereocenters. The van der Waals surface area contributed by atoms with Crippen LogP contribution in [0.1, 0.15) is 36.8 Å². The normalized spacial score (nSPS) is 21.1. The summed E-state index contributed by atoms with van der Waals surface area (Å²) in [7, 11) is 0. The van der Waals surface area contributed by atoms with Gasteiger partial charge in [-0.05, 0) is 62.4 Å². The molecule has 2 saturated heterocycles. The number of nitrogens with zero attached hydrogens (tertiary/aromatic N) is 2. The fourth-order valence-corrected chi connectivity index (χ4v) is 3.62. The topological polar surface area (TPSA) is 74.6 Å². The van der Waals surface area contributed by atoms with Crippen molar-refractivity contribution in [2.75, 3.05) is 39.4 Å². The number of nitriles is 1. The van der Waals surface area contributed by atoms with Crippen LogP contribution in [0, 0.1) is 17.2 Å². The van der Waals surface area contributed by atoms with Crippen LogP contribution in [-0.4, -0.2) is 56.3 Å². The summed E-state index contributed by atoms with van der Waals surface area (Å²) in [5, 5.41) is 11.8. The van der Waals surface area contributed by atoms with Gasteiger partial charge in [0.05, 0.1) is 30.9 Å². The van der Waals surface area contributed by atoms with Crippen molar-refractivity contribution in [3.8, 4) is 6.07 Å². The second-order valence-corrected chi connectivity index (χ2v) is 7.48. The highest BCUT2D eigenvalue weighted by molar-refractivity contribution is 5.78. The van der Waals surface area contributed by atoms with E-state index in [4.69, 9.17) is 14.7 Å². The molecule has 0 aromatic heterocycles. The van der Waals surface area contributed by atoms with Crippen molar-refractivity contribution in [1.82, 2.24) is 10.2 Å². The smallest absolute Gasteiger partial charge is 0.234 e. The molecule has 1 atom stereocenters. The van der Waals surface area contributed by atoms with E-state index < -0.39 is 0 Å². The molecule has 2 aliphatic rings. The number of hydrogen-bond acceptors (Lipinski definition) is 5. The molecule has 27 heavy (non-hydrogen) atoms. The molecule has 0 spiro atoms. The number of benzene rings is 1. The lowest BCUT2D eigenvalue weighted by Gasteiger charge is -2.31. The quantitative estimate of drug-likeness (QED) is 0.757. The van der Waals surface area contributed by atoms with E-state index in [-0.39, 0.29) is 12.0 Å². The molecule has 0 bridgehead atoms. The van der Waals surface area contributed by atoms with Crippen molar-refractivity contribution in [2.45, 2.75) is 38.4 Å². The lowest BCUT2D eigenvalue weighted by molar-refractivity contribution is -0.123. The van der Waals surface area contributed by atoms with Gasteiger partial charge in [-0.2, -0.15) is 5.26 Å². The van der Waals surface area contributed by atoms with Crippen LogP contribution in [0.3, 0.4) is 0 Å². The van der Waals surface area contributed by atoms with E-state index in [2.05, 4.69) is 16.3 Å². The lowest BCUT2D eigenvalue weighted by Crippen LogP contribution is -2.43. The van der Waals surface area contributed by atoms with Crippen LogP contribution in [0.15, 0.2) is 24.3 Å². The Morgan fingerprint density at radius 3 is 2.70 bits per heavy atom. The Hall–Kier alpha value is -1.94. The van der Waals surface area contributed by atoms with Crippen molar-refractivity contribution >= 4 is 5.91 Å². The average molecular weight is 371 g/mol. The molecule has 6 heteroatoms. The first-order valence-corrected chi connectivity index (χ1v) is 9.90. The molecule has 6 nitrogen and oxygen atoms in total. The molecular weight excluding hydrogens is 342 g/mol. The lowest BCUT2D eigenvalue weighted by atomic mass is 9.98. The number of ether oxygens (including phenoxy) is 2. The van der Waals surface area contributed by atoms with E-state index in [0.29, 0.717) is 31.2 Å². The summed E-state index contributed by atoms with van der Waals surface area (Å²) < 4.78 is 11.4. The van der Waals surface area contributed by atoms with E-state index in [1.165, 1.54) is 0 Å². The summed E-state index contributed by atoms with van der Waals surface area (Å²) in [6.07, 6.45) is 4.47. The molecule has 1 aromatic carbocycles. The number of nitrogens with one attached hydrogen (secondary N) is 1. The minimum Gasteiger partial charge on any atom is -0.376 e. The van der Waals surface area contributed by atoms with Crippen LogP contribution < -0.4 is 5.32 Å². The van der Waals surface area contributed by atoms with Crippen molar-refractivity contribution in [3.63, 3.8) is 0 Å². The van der Waals surface area contributed by atoms with Crippen LogP contribution in [0.25, 0.3) is 0 Å². The summed E-state index contributed by atoms with van der Waals surface area (Å²) in [5.74, 6) is 0.649. The zero-order valence-electron chi connectivity index (χ0n) is 15.9. The van der Waals surface area contributed by atoms with Crippen LogP contribution in [0.5, 0.6) is 0 Å². The Bertz CT molecular complexity index is 627. The van der Waals surface area contributed by atoms with Crippen LogP contribution in [-0.2, 0) is 20.9 Å². The van der Waals surface area contributed by atoms with Gasteiger partial charge in [0, 0.05) is 19.8 Å². The highest BCUT2D eigenvalue weighted by Gasteiger charge is 2.22. The summed E-state index contributed by atoms with van der Waals surface area (Å²) in [4.78, 5) is 14.3. The number of likely N-dealkylation sites (tertiary alicyclic amines) is 1. The maximum atomic E-state index is 12.1. The minimum absolute atomic E-state index is 0.0982. The van der Waals surface area contributed by atoms with Crippen molar-refractivity contribution in [3.05, 3.63) is 35.4 Å². The zero-order chi connectivity index (χ0) is 18.9. The third-order valence-electron chi connectivity index (χ3n) is 5.33. The van der Waals surface area contributed by atoms with Crippen molar-refractivity contribution < 1.29 is 14.3 Å². The largest absolute Gasteiger partial charge is 0.376 e.